The third-order valence-electron chi connectivity index (χ3n) is 4.39. The Hall–Kier alpha value is -1.42. The molecule has 0 radical (unpaired) electrons. The Labute approximate surface area is 112 Å². The maximum Gasteiger partial charge on any atom is 0.230 e. The van der Waals surface area contributed by atoms with Crippen molar-refractivity contribution in [1.82, 2.24) is 10.2 Å². The molecule has 2 heterocycles. The van der Waals surface area contributed by atoms with Gasteiger partial charge >= 0.3 is 0 Å². The average molecular weight is 262 g/mol. The molecule has 19 heavy (non-hydrogen) atoms. The molecule has 102 valence electrons. The molecule has 1 aromatic rings. The van der Waals surface area contributed by atoms with E-state index in [-0.39, 0.29) is 17.1 Å². The Morgan fingerprint density at radius 1 is 1.32 bits per heavy atom. The van der Waals surface area contributed by atoms with Crippen molar-refractivity contribution in [3.05, 3.63) is 35.6 Å². The number of carbonyl (C=O) groups is 1. The smallest absolute Gasteiger partial charge is 0.230 e. The number of hydrogen-bond donors (Lipinski definition) is 1. The van der Waals surface area contributed by atoms with Crippen molar-refractivity contribution >= 4 is 5.91 Å². The SMILES string of the molecule is O=C1N(Cc2ccccc2F)CCCC12CCNC2. The highest BCUT2D eigenvalue weighted by Gasteiger charge is 2.45. The first kappa shape index (κ1) is 12.6. The molecule has 1 aromatic carbocycles. The van der Waals surface area contributed by atoms with Crippen LogP contribution in [0.3, 0.4) is 0 Å². The first-order valence-corrected chi connectivity index (χ1v) is 6.95. The molecule has 2 fully saturated rings. The van der Waals surface area contributed by atoms with Crippen LogP contribution in [0, 0.1) is 11.2 Å². The van der Waals surface area contributed by atoms with Crippen LogP contribution in [0.25, 0.3) is 0 Å². The lowest BCUT2D eigenvalue weighted by molar-refractivity contribution is -0.145. The van der Waals surface area contributed by atoms with E-state index in [0.717, 1.165) is 38.9 Å². The fraction of sp³-hybridized carbons (Fsp3) is 0.533. The van der Waals surface area contributed by atoms with E-state index in [0.29, 0.717) is 12.1 Å². The van der Waals surface area contributed by atoms with Gasteiger partial charge in [-0.1, -0.05) is 18.2 Å². The summed E-state index contributed by atoms with van der Waals surface area (Å²) in [6.45, 7) is 2.83. The van der Waals surface area contributed by atoms with Crippen molar-refractivity contribution in [1.29, 1.82) is 0 Å². The molecule has 1 spiro atoms. The van der Waals surface area contributed by atoms with Gasteiger partial charge in [-0.25, -0.2) is 4.39 Å². The Balaban J connectivity index is 1.78. The maximum absolute atomic E-state index is 13.7. The molecule has 0 aromatic heterocycles. The predicted octanol–water partition coefficient (Wildman–Crippen LogP) is 1.93. The number of benzene rings is 1. The van der Waals surface area contributed by atoms with Gasteiger partial charge in [0.15, 0.2) is 0 Å². The van der Waals surface area contributed by atoms with E-state index in [2.05, 4.69) is 5.32 Å². The third kappa shape index (κ3) is 2.25. The van der Waals surface area contributed by atoms with E-state index in [4.69, 9.17) is 0 Å². The molecule has 2 saturated heterocycles. The number of hydrogen-bond acceptors (Lipinski definition) is 2. The topological polar surface area (TPSA) is 32.3 Å². The molecule has 3 rings (SSSR count). The second-order valence-corrected chi connectivity index (χ2v) is 5.63. The lowest BCUT2D eigenvalue weighted by Gasteiger charge is -2.39. The second-order valence-electron chi connectivity index (χ2n) is 5.63. The summed E-state index contributed by atoms with van der Waals surface area (Å²) < 4.78 is 13.7. The molecule has 1 unspecified atom stereocenters. The standard InChI is InChI=1S/C15H19FN2O/c16-13-5-2-1-4-12(13)10-18-9-3-6-15(14(18)19)7-8-17-11-15/h1-2,4-5,17H,3,6-11H2. The largest absolute Gasteiger partial charge is 0.338 e. The number of piperidine rings is 1. The molecular weight excluding hydrogens is 243 g/mol. The average Bonchev–Trinajstić information content (AvgIpc) is 2.87. The Bertz CT molecular complexity index is 483. The van der Waals surface area contributed by atoms with Crippen LogP contribution in [0.15, 0.2) is 24.3 Å². The number of nitrogens with zero attached hydrogens (tertiary/aromatic N) is 1. The van der Waals surface area contributed by atoms with E-state index in [1.54, 1.807) is 12.1 Å². The van der Waals surface area contributed by atoms with Crippen molar-refractivity contribution in [3.63, 3.8) is 0 Å². The quantitative estimate of drug-likeness (QED) is 0.883. The molecule has 0 bridgehead atoms. The Morgan fingerprint density at radius 2 is 2.16 bits per heavy atom. The van der Waals surface area contributed by atoms with Crippen LogP contribution in [0.4, 0.5) is 4.39 Å². The molecule has 3 nitrogen and oxygen atoms in total. The van der Waals surface area contributed by atoms with Gasteiger partial charge in [-0.05, 0) is 31.9 Å². The van der Waals surface area contributed by atoms with E-state index >= 15 is 0 Å². The zero-order valence-electron chi connectivity index (χ0n) is 11.0. The first-order chi connectivity index (χ1) is 9.21. The lowest BCUT2D eigenvalue weighted by Crippen LogP contribution is -2.49. The molecule has 0 saturated carbocycles. The monoisotopic (exact) mass is 262 g/mol. The molecule has 1 amide bonds. The Morgan fingerprint density at radius 3 is 2.89 bits per heavy atom. The van der Waals surface area contributed by atoms with E-state index in [9.17, 15) is 9.18 Å². The second kappa shape index (κ2) is 4.93. The van der Waals surface area contributed by atoms with Crippen molar-refractivity contribution in [2.24, 2.45) is 5.41 Å². The van der Waals surface area contributed by atoms with Gasteiger partial charge in [0.2, 0.25) is 5.91 Å². The summed E-state index contributed by atoms with van der Waals surface area (Å²) in [6, 6.07) is 6.71. The van der Waals surface area contributed by atoms with Gasteiger partial charge in [-0.15, -0.1) is 0 Å². The van der Waals surface area contributed by atoms with E-state index in [1.807, 2.05) is 11.0 Å². The minimum Gasteiger partial charge on any atom is -0.338 e. The van der Waals surface area contributed by atoms with E-state index in [1.165, 1.54) is 6.07 Å². The van der Waals surface area contributed by atoms with Gasteiger partial charge in [-0.2, -0.15) is 0 Å². The summed E-state index contributed by atoms with van der Waals surface area (Å²) in [5.41, 5.74) is 0.391. The van der Waals surface area contributed by atoms with Crippen molar-refractivity contribution in [2.75, 3.05) is 19.6 Å². The van der Waals surface area contributed by atoms with Crippen LogP contribution >= 0.6 is 0 Å². The van der Waals surface area contributed by atoms with Gasteiger partial charge in [0, 0.05) is 25.2 Å². The van der Waals surface area contributed by atoms with Crippen molar-refractivity contribution in [2.45, 2.75) is 25.8 Å². The van der Waals surface area contributed by atoms with Crippen molar-refractivity contribution in [3.8, 4) is 0 Å². The van der Waals surface area contributed by atoms with Crippen LogP contribution < -0.4 is 5.32 Å². The molecule has 1 N–H and O–H groups in total. The number of likely N-dealkylation sites (tertiary alicyclic amines) is 1. The molecule has 2 aliphatic heterocycles. The van der Waals surface area contributed by atoms with Gasteiger partial charge in [0.1, 0.15) is 5.82 Å². The van der Waals surface area contributed by atoms with Crippen LogP contribution in [-0.2, 0) is 11.3 Å². The van der Waals surface area contributed by atoms with Gasteiger partial charge in [0.25, 0.3) is 0 Å². The van der Waals surface area contributed by atoms with Crippen molar-refractivity contribution < 1.29 is 9.18 Å². The highest BCUT2D eigenvalue weighted by molar-refractivity contribution is 5.84. The predicted molar refractivity (Wildman–Crippen MR) is 71.0 cm³/mol. The number of halogens is 1. The summed E-state index contributed by atoms with van der Waals surface area (Å²) in [4.78, 5) is 14.5. The Kier molecular flexibility index (Phi) is 3.27. The number of rotatable bonds is 2. The highest BCUT2D eigenvalue weighted by atomic mass is 19.1. The molecular formula is C15H19FN2O. The molecule has 1 atom stereocenters. The third-order valence-corrected chi connectivity index (χ3v) is 4.39. The zero-order chi connectivity index (χ0) is 13.3. The maximum atomic E-state index is 13.7. The minimum absolute atomic E-state index is 0.201. The molecule has 4 heteroatoms. The molecule has 2 aliphatic rings. The summed E-state index contributed by atoms with van der Waals surface area (Å²) in [5.74, 6) is -0.0218. The minimum atomic E-state index is -0.223. The van der Waals surface area contributed by atoms with Crippen LogP contribution in [0.2, 0.25) is 0 Å². The van der Waals surface area contributed by atoms with E-state index < -0.39 is 0 Å². The normalized spacial score (nSPS) is 27.2. The van der Waals surface area contributed by atoms with Gasteiger partial charge < -0.3 is 10.2 Å². The summed E-state index contributed by atoms with van der Waals surface area (Å²) in [5, 5.41) is 3.29. The highest BCUT2D eigenvalue weighted by Crippen LogP contribution is 2.37. The zero-order valence-corrected chi connectivity index (χ0v) is 11.0. The number of carbonyl (C=O) groups excluding carboxylic acids is 1. The van der Waals surface area contributed by atoms with Gasteiger partial charge in [0.05, 0.1) is 5.41 Å². The van der Waals surface area contributed by atoms with Crippen LogP contribution in [-0.4, -0.2) is 30.4 Å². The summed E-state index contributed by atoms with van der Waals surface area (Å²) in [6.07, 6.45) is 2.90. The van der Waals surface area contributed by atoms with Gasteiger partial charge in [-0.3, -0.25) is 4.79 Å². The van der Waals surface area contributed by atoms with Crippen LogP contribution in [0.1, 0.15) is 24.8 Å². The number of nitrogens with one attached hydrogen (secondary N) is 1. The fourth-order valence-electron chi connectivity index (χ4n) is 3.27. The first-order valence-electron chi connectivity index (χ1n) is 6.95. The fourth-order valence-corrected chi connectivity index (χ4v) is 3.27. The summed E-state index contributed by atoms with van der Waals surface area (Å²) >= 11 is 0. The summed E-state index contributed by atoms with van der Waals surface area (Å²) in [7, 11) is 0. The molecule has 0 aliphatic carbocycles. The lowest BCUT2D eigenvalue weighted by atomic mass is 9.78. The number of amides is 1. The van der Waals surface area contributed by atoms with Crippen LogP contribution in [0.5, 0.6) is 0 Å².